The molecule has 212 valence electrons. The number of benzene rings is 2. The average Bonchev–Trinajstić information content (AvgIpc) is 3.61. The van der Waals surface area contributed by atoms with E-state index in [-0.39, 0.29) is 34.1 Å². The van der Waals surface area contributed by atoms with Crippen molar-refractivity contribution in [3.05, 3.63) is 88.0 Å². The van der Waals surface area contributed by atoms with Crippen LogP contribution in [0.15, 0.2) is 60.7 Å². The summed E-state index contributed by atoms with van der Waals surface area (Å²) >= 11 is 0.945. The van der Waals surface area contributed by atoms with Crippen LogP contribution in [-0.2, 0) is 20.7 Å². The number of nitrogens with zero attached hydrogens (tertiary/aromatic N) is 2. The van der Waals surface area contributed by atoms with Crippen LogP contribution in [0.2, 0.25) is 0 Å². The number of carbonyl (C=O) groups excluding carboxylic acids is 3. The van der Waals surface area contributed by atoms with Crippen molar-refractivity contribution in [1.82, 2.24) is 4.98 Å². The maximum atomic E-state index is 13.6. The number of aliphatic hydroxyl groups is 1. The number of esters is 1. The van der Waals surface area contributed by atoms with Gasteiger partial charge in [0.1, 0.15) is 34.8 Å². The lowest BCUT2D eigenvalue weighted by Crippen LogP contribution is -2.29. The van der Waals surface area contributed by atoms with Gasteiger partial charge in [-0.3, -0.25) is 14.5 Å². The molecule has 41 heavy (non-hydrogen) atoms. The van der Waals surface area contributed by atoms with Crippen LogP contribution in [0, 0.1) is 6.92 Å². The smallest absolute Gasteiger partial charge is 0.350 e. The Labute approximate surface area is 241 Å². The molecule has 9 nitrogen and oxygen atoms in total. The topological polar surface area (TPSA) is 115 Å². The standard InChI is InChI=1S/C31H30N2O7S/c1-5-12-38-22-9-7-8-19(16-22)25-24(26(34)20-10-11-23-21(15-20)14-17(3)40-23)27(35)29(36)33(25)31-32-18(4)28(41-31)30(37)39-13-6-2/h6-11,15-17,25,34H,2,5,12-14H2,1,3-4H3/t17-,25-/m0/s1. The number of aliphatic hydroxyl groups excluding tert-OH is 1. The van der Waals surface area contributed by atoms with Gasteiger partial charge in [0.2, 0.25) is 0 Å². The normalized spacial score (nSPS) is 19.1. The van der Waals surface area contributed by atoms with E-state index in [0.717, 1.165) is 29.1 Å². The van der Waals surface area contributed by atoms with Gasteiger partial charge in [0.25, 0.3) is 5.78 Å². The fourth-order valence-electron chi connectivity index (χ4n) is 4.94. The molecule has 1 aromatic heterocycles. The second-order valence-electron chi connectivity index (χ2n) is 9.84. The average molecular weight is 575 g/mol. The molecular formula is C31H30N2O7S. The van der Waals surface area contributed by atoms with E-state index in [2.05, 4.69) is 11.6 Å². The molecule has 10 heteroatoms. The van der Waals surface area contributed by atoms with Gasteiger partial charge in [-0.1, -0.05) is 43.0 Å². The molecule has 0 saturated carbocycles. The van der Waals surface area contributed by atoms with Gasteiger partial charge in [-0.2, -0.15) is 0 Å². The van der Waals surface area contributed by atoms with Crippen molar-refractivity contribution in [2.75, 3.05) is 18.1 Å². The monoisotopic (exact) mass is 574 g/mol. The second-order valence-corrected chi connectivity index (χ2v) is 10.8. The van der Waals surface area contributed by atoms with Crippen LogP contribution in [-0.4, -0.2) is 47.1 Å². The fraction of sp³-hybridized carbons (Fsp3) is 0.290. The highest BCUT2D eigenvalue weighted by Gasteiger charge is 2.48. The van der Waals surface area contributed by atoms with Gasteiger partial charge < -0.3 is 19.3 Å². The number of ketones is 1. The van der Waals surface area contributed by atoms with Crippen molar-refractivity contribution >= 4 is 39.9 Å². The molecule has 0 aliphatic carbocycles. The van der Waals surface area contributed by atoms with Gasteiger partial charge in [-0.25, -0.2) is 9.78 Å². The molecule has 5 rings (SSSR count). The highest BCUT2D eigenvalue weighted by atomic mass is 32.1. The van der Waals surface area contributed by atoms with Crippen molar-refractivity contribution in [2.45, 2.75) is 45.8 Å². The molecule has 1 fully saturated rings. The number of hydrogen-bond donors (Lipinski definition) is 1. The van der Waals surface area contributed by atoms with Crippen molar-refractivity contribution in [3.63, 3.8) is 0 Å². The Morgan fingerprint density at radius 3 is 2.83 bits per heavy atom. The van der Waals surface area contributed by atoms with Crippen LogP contribution < -0.4 is 14.4 Å². The molecule has 1 saturated heterocycles. The molecule has 0 unspecified atom stereocenters. The molecule has 3 heterocycles. The Balaban J connectivity index is 1.65. The van der Waals surface area contributed by atoms with Gasteiger partial charge in [0.15, 0.2) is 5.13 Å². The first-order chi connectivity index (χ1) is 19.7. The molecule has 0 bridgehead atoms. The van der Waals surface area contributed by atoms with Gasteiger partial charge in [0, 0.05) is 12.0 Å². The number of anilines is 1. The Morgan fingerprint density at radius 1 is 1.27 bits per heavy atom. The van der Waals surface area contributed by atoms with Crippen molar-refractivity contribution in [3.8, 4) is 11.5 Å². The van der Waals surface area contributed by atoms with E-state index >= 15 is 0 Å². The number of aromatic nitrogens is 1. The van der Waals surface area contributed by atoms with E-state index in [1.54, 1.807) is 49.4 Å². The molecule has 2 aliphatic heterocycles. The number of thiazole rings is 1. The van der Waals surface area contributed by atoms with E-state index in [9.17, 15) is 19.5 Å². The first-order valence-corrected chi connectivity index (χ1v) is 14.1. The number of ether oxygens (including phenoxy) is 3. The maximum absolute atomic E-state index is 13.6. The zero-order chi connectivity index (χ0) is 29.3. The van der Waals surface area contributed by atoms with Gasteiger partial charge in [0.05, 0.1) is 23.9 Å². The Morgan fingerprint density at radius 2 is 2.07 bits per heavy atom. The summed E-state index contributed by atoms with van der Waals surface area (Å²) in [6, 6.07) is 11.2. The summed E-state index contributed by atoms with van der Waals surface area (Å²) in [6.45, 7) is 9.63. The first kappa shape index (κ1) is 28.1. The number of amides is 1. The van der Waals surface area contributed by atoms with Crippen molar-refractivity contribution < 1.29 is 33.7 Å². The number of fused-ring (bicyclic) bond motifs is 1. The summed E-state index contributed by atoms with van der Waals surface area (Å²) in [7, 11) is 0. The fourth-order valence-corrected chi connectivity index (χ4v) is 5.93. The van der Waals surface area contributed by atoms with Crippen LogP contribution in [0.5, 0.6) is 11.5 Å². The van der Waals surface area contributed by atoms with E-state index < -0.39 is 23.7 Å². The molecule has 0 spiro atoms. The molecule has 0 radical (unpaired) electrons. The minimum atomic E-state index is -1.02. The third-order valence-corrected chi connectivity index (χ3v) is 7.91. The highest BCUT2D eigenvalue weighted by Crippen LogP contribution is 2.45. The number of rotatable bonds is 9. The predicted molar refractivity (Wildman–Crippen MR) is 155 cm³/mol. The van der Waals surface area contributed by atoms with E-state index in [1.165, 1.54) is 11.0 Å². The minimum absolute atomic E-state index is 0.000606. The Bertz CT molecular complexity index is 1570. The molecule has 1 amide bonds. The van der Waals surface area contributed by atoms with Crippen LogP contribution in [0.4, 0.5) is 5.13 Å². The summed E-state index contributed by atoms with van der Waals surface area (Å²) in [6.07, 6.45) is 2.91. The zero-order valence-electron chi connectivity index (χ0n) is 23.0. The lowest BCUT2D eigenvalue weighted by molar-refractivity contribution is -0.132. The molecule has 3 aromatic rings. The number of carbonyl (C=O) groups is 3. The van der Waals surface area contributed by atoms with Gasteiger partial charge >= 0.3 is 11.9 Å². The minimum Gasteiger partial charge on any atom is -0.507 e. The maximum Gasteiger partial charge on any atom is 0.350 e. The molecular weight excluding hydrogens is 544 g/mol. The first-order valence-electron chi connectivity index (χ1n) is 13.3. The van der Waals surface area contributed by atoms with Crippen LogP contribution in [0.3, 0.4) is 0 Å². The highest BCUT2D eigenvalue weighted by molar-refractivity contribution is 7.17. The van der Waals surface area contributed by atoms with Gasteiger partial charge in [-0.05, 0) is 61.7 Å². The molecule has 2 atom stereocenters. The lowest BCUT2D eigenvalue weighted by atomic mass is 9.94. The Hall–Kier alpha value is -4.44. The largest absolute Gasteiger partial charge is 0.507 e. The zero-order valence-corrected chi connectivity index (χ0v) is 23.8. The van der Waals surface area contributed by atoms with Crippen molar-refractivity contribution in [2.24, 2.45) is 0 Å². The molecule has 2 aliphatic rings. The van der Waals surface area contributed by atoms with Crippen LogP contribution in [0.25, 0.3) is 5.76 Å². The summed E-state index contributed by atoms with van der Waals surface area (Å²) in [5.74, 6) is -1.36. The van der Waals surface area contributed by atoms with E-state index in [0.29, 0.717) is 35.6 Å². The van der Waals surface area contributed by atoms with E-state index in [4.69, 9.17) is 14.2 Å². The van der Waals surface area contributed by atoms with Crippen molar-refractivity contribution in [1.29, 1.82) is 0 Å². The summed E-state index contributed by atoms with van der Waals surface area (Å²) in [5, 5.41) is 11.7. The third-order valence-electron chi connectivity index (χ3n) is 6.77. The summed E-state index contributed by atoms with van der Waals surface area (Å²) in [4.78, 5) is 45.7. The SMILES string of the molecule is C=CCOC(=O)c1sc(N2C(=O)C(=O)C(=C(O)c3ccc4c(c3)C[C@H](C)O4)[C@@H]2c2cccc(OCCC)c2)nc1C. The van der Waals surface area contributed by atoms with Crippen LogP contribution in [0.1, 0.15) is 58.4 Å². The number of hydrogen-bond acceptors (Lipinski definition) is 9. The summed E-state index contributed by atoms with van der Waals surface area (Å²) in [5.41, 5.74) is 2.11. The van der Waals surface area contributed by atoms with E-state index in [1.807, 2.05) is 13.8 Å². The second kappa shape index (κ2) is 11.6. The quantitative estimate of drug-likeness (QED) is 0.117. The molecule has 1 N–H and O–H groups in total. The predicted octanol–water partition coefficient (Wildman–Crippen LogP) is 5.53. The third kappa shape index (κ3) is 5.35. The summed E-state index contributed by atoms with van der Waals surface area (Å²) < 4.78 is 16.8. The Kier molecular flexibility index (Phi) is 7.94. The number of aryl methyl sites for hydroxylation is 1. The lowest BCUT2D eigenvalue weighted by Gasteiger charge is -2.23. The van der Waals surface area contributed by atoms with Gasteiger partial charge in [-0.15, -0.1) is 0 Å². The van der Waals surface area contributed by atoms with Crippen LogP contribution >= 0.6 is 11.3 Å². The molecule has 2 aromatic carbocycles. The number of Topliss-reactive ketones (excluding diaryl/α,β-unsaturated/α-hetero) is 1.